The second kappa shape index (κ2) is 11.1. The van der Waals surface area contributed by atoms with Gasteiger partial charge in [0.1, 0.15) is 10.0 Å². The highest BCUT2D eigenvalue weighted by Crippen LogP contribution is 2.38. The Morgan fingerprint density at radius 2 is 1.81 bits per heavy atom. The first-order valence-electron chi connectivity index (χ1n) is 12.4. The number of hydrogen-bond donors (Lipinski definition) is 2. The Morgan fingerprint density at radius 1 is 1.03 bits per heavy atom. The zero-order valence-electron chi connectivity index (χ0n) is 20.5. The van der Waals surface area contributed by atoms with Crippen LogP contribution < -0.4 is 10.6 Å². The summed E-state index contributed by atoms with van der Waals surface area (Å²) in [6.45, 7) is 4.29. The molecule has 2 aromatic carbocycles. The Morgan fingerprint density at radius 3 is 2.58 bits per heavy atom. The van der Waals surface area contributed by atoms with E-state index in [-0.39, 0.29) is 5.97 Å². The van der Waals surface area contributed by atoms with Gasteiger partial charge in [0.25, 0.3) is 0 Å². The summed E-state index contributed by atoms with van der Waals surface area (Å²) in [4.78, 5) is 18.9. The van der Waals surface area contributed by atoms with Crippen molar-refractivity contribution in [2.24, 2.45) is 0 Å². The minimum absolute atomic E-state index is 0.267. The van der Waals surface area contributed by atoms with Crippen molar-refractivity contribution in [2.75, 3.05) is 17.2 Å². The highest BCUT2D eigenvalue weighted by molar-refractivity contribution is 7.80. The van der Waals surface area contributed by atoms with Crippen molar-refractivity contribution in [2.45, 2.75) is 52.4 Å². The molecule has 4 aromatic rings. The summed E-state index contributed by atoms with van der Waals surface area (Å²) in [5, 5.41) is 8.79. The number of hydrogen-bond acceptors (Lipinski definition) is 6. The maximum absolute atomic E-state index is 12.9. The van der Waals surface area contributed by atoms with Crippen LogP contribution in [0.25, 0.3) is 20.8 Å². The minimum atomic E-state index is -0.267. The molecule has 0 bridgehead atoms. The average molecular weight is 536 g/mol. The monoisotopic (exact) mass is 535 g/mol. The number of nitrogens with zero attached hydrogens (tertiary/aromatic N) is 1. The highest BCUT2D eigenvalue weighted by atomic mass is 32.1. The standard InChI is InChI=1S/C28H29N3O2S3/c1-3-33-27(32)24-20-8-6-4-5-7-9-22(20)35-26(24)31-28(34)29-19-13-11-18(12-14-19)25-30-21-15-10-17(2)16-23(21)36-25/h10-16H,3-9H2,1-2H3,(H2,29,31,34). The van der Waals surface area contributed by atoms with Crippen LogP contribution in [-0.4, -0.2) is 22.7 Å². The number of aryl methyl sites for hydroxylation is 2. The normalized spacial score (nSPS) is 13.5. The number of esters is 1. The van der Waals surface area contributed by atoms with Gasteiger partial charge in [-0.05, 0) is 99.3 Å². The lowest BCUT2D eigenvalue weighted by Crippen LogP contribution is -2.20. The van der Waals surface area contributed by atoms with Crippen LogP contribution in [0.15, 0.2) is 42.5 Å². The topological polar surface area (TPSA) is 63.2 Å². The number of nitrogens with one attached hydrogen (secondary N) is 2. The Hall–Kier alpha value is -2.81. The number of rotatable bonds is 5. The average Bonchev–Trinajstić information content (AvgIpc) is 3.40. The lowest BCUT2D eigenvalue weighted by Gasteiger charge is -2.13. The van der Waals surface area contributed by atoms with Crippen LogP contribution in [-0.2, 0) is 17.6 Å². The largest absolute Gasteiger partial charge is 0.462 e. The molecule has 0 spiro atoms. The van der Waals surface area contributed by atoms with Crippen LogP contribution in [0.4, 0.5) is 10.7 Å². The summed E-state index contributed by atoms with van der Waals surface area (Å²) in [6, 6.07) is 14.4. The third kappa shape index (κ3) is 5.45. The number of fused-ring (bicyclic) bond motifs is 2. The molecule has 186 valence electrons. The van der Waals surface area contributed by atoms with Crippen molar-refractivity contribution >= 4 is 66.9 Å². The van der Waals surface area contributed by atoms with E-state index in [9.17, 15) is 4.79 Å². The van der Waals surface area contributed by atoms with Crippen molar-refractivity contribution in [1.82, 2.24) is 4.98 Å². The summed E-state index contributed by atoms with van der Waals surface area (Å²) >= 11 is 8.96. The van der Waals surface area contributed by atoms with Gasteiger partial charge in [-0.3, -0.25) is 0 Å². The molecule has 8 heteroatoms. The van der Waals surface area contributed by atoms with Gasteiger partial charge in [0, 0.05) is 16.1 Å². The molecule has 36 heavy (non-hydrogen) atoms. The van der Waals surface area contributed by atoms with E-state index in [0.717, 1.165) is 58.0 Å². The summed E-state index contributed by atoms with van der Waals surface area (Å²) in [5.74, 6) is -0.267. The van der Waals surface area contributed by atoms with Gasteiger partial charge in [0.2, 0.25) is 0 Å². The van der Waals surface area contributed by atoms with E-state index in [1.54, 1.807) is 22.7 Å². The van der Waals surface area contributed by atoms with E-state index in [0.29, 0.717) is 17.3 Å². The third-order valence-electron chi connectivity index (χ3n) is 6.31. The van der Waals surface area contributed by atoms with Gasteiger partial charge < -0.3 is 15.4 Å². The van der Waals surface area contributed by atoms with E-state index in [1.807, 2.05) is 19.1 Å². The van der Waals surface area contributed by atoms with E-state index < -0.39 is 0 Å². The maximum Gasteiger partial charge on any atom is 0.341 e. The molecule has 2 heterocycles. The number of carbonyl (C=O) groups is 1. The SMILES string of the molecule is CCOC(=O)c1c(NC(=S)Nc2ccc(-c3nc4ccc(C)cc4s3)cc2)sc2c1CCCCCC2. The molecule has 2 aromatic heterocycles. The van der Waals surface area contributed by atoms with Gasteiger partial charge >= 0.3 is 5.97 Å². The molecule has 0 atom stereocenters. The minimum Gasteiger partial charge on any atom is -0.462 e. The molecule has 0 fully saturated rings. The number of ether oxygens (including phenoxy) is 1. The van der Waals surface area contributed by atoms with Crippen molar-refractivity contribution in [1.29, 1.82) is 0 Å². The van der Waals surface area contributed by atoms with Crippen molar-refractivity contribution in [3.05, 3.63) is 64.0 Å². The van der Waals surface area contributed by atoms with Crippen LogP contribution in [0, 0.1) is 6.92 Å². The number of thiazole rings is 1. The molecule has 1 aliphatic carbocycles. The van der Waals surface area contributed by atoms with Gasteiger partial charge in [-0.2, -0.15) is 0 Å². The van der Waals surface area contributed by atoms with Crippen molar-refractivity contribution in [3.63, 3.8) is 0 Å². The Labute approximate surface area is 224 Å². The smallest absolute Gasteiger partial charge is 0.341 e. The fourth-order valence-corrected chi connectivity index (χ4v) is 7.18. The second-order valence-electron chi connectivity index (χ2n) is 8.99. The first-order valence-corrected chi connectivity index (χ1v) is 14.4. The highest BCUT2D eigenvalue weighted by Gasteiger charge is 2.25. The molecule has 5 nitrogen and oxygen atoms in total. The molecule has 0 saturated heterocycles. The van der Waals surface area contributed by atoms with Crippen LogP contribution >= 0.6 is 34.9 Å². The molecule has 0 amide bonds. The second-order valence-corrected chi connectivity index (χ2v) is 11.5. The van der Waals surface area contributed by atoms with Gasteiger partial charge in [-0.1, -0.05) is 18.9 Å². The molecule has 0 radical (unpaired) electrons. The molecular weight excluding hydrogens is 507 g/mol. The van der Waals surface area contributed by atoms with Crippen molar-refractivity contribution in [3.8, 4) is 10.6 Å². The van der Waals surface area contributed by atoms with E-state index in [1.165, 1.54) is 28.0 Å². The maximum atomic E-state index is 12.9. The van der Waals surface area contributed by atoms with Gasteiger partial charge in [0.15, 0.2) is 5.11 Å². The fraction of sp³-hybridized carbons (Fsp3) is 0.321. The Kier molecular flexibility index (Phi) is 7.65. The summed E-state index contributed by atoms with van der Waals surface area (Å²) in [7, 11) is 0. The van der Waals surface area contributed by atoms with Gasteiger partial charge in [-0.15, -0.1) is 22.7 Å². The number of carbonyl (C=O) groups excluding carboxylic acids is 1. The van der Waals surface area contributed by atoms with Crippen LogP contribution in [0.5, 0.6) is 0 Å². The first-order chi connectivity index (χ1) is 17.5. The van der Waals surface area contributed by atoms with Gasteiger partial charge in [0.05, 0.1) is 22.4 Å². The molecule has 2 N–H and O–H groups in total. The lowest BCUT2D eigenvalue weighted by molar-refractivity contribution is 0.0526. The molecule has 0 aliphatic heterocycles. The van der Waals surface area contributed by atoms with Crippen LogP contribution in [0.2, 0.25) is 0 Å². The quantitative estimate of drug-likeness (QED) is 0.200. The zero-order chi connectivity index (χ0) is 25.1. The third-order valence-corrected chi connectivity index (χ3v) is 8.79. The predicted octanol–water partition coefficient (Wildman–Crippen LogP) is 7.98. The number of thiocarbonyl (C=S) groups is 1. The van der Waals surface area contributed by atoms with Crippen molar-refractivity contribution < 1.29 is 9.53 Å². The molecule has 0 unspecified atom stereocenters. The first kappa shape index (κ1) is 24.9. The lowest BCUT2D eigenvalue weighted by atomic mass is 9.96. The van der Waals surface area contributed by atoms with Crippen LogP contribution in [0.3, 0.4) is 0 Å². The van der Waals surface area contributed by atoms with E-state index >= 15 is 0 Å². The molecule has 0 saturated carbocycles. The van der Waals surface area contributed by atoms with Gasteiger partial charge in [-0.25, -0.2) is 9.78 Å². The summed E-state index contributed by atoms with van der Waals surface area (Å²) < 4.78 is 6.60. The Balaban J connectivity index is 1.32. The predicted molar refractivity (Wildman–Crippen MR) is 156 cm³/mol. The van der Waals surface area contributed by atoms with E-state index in [4.69, 9.17) is 21.9 Å². The van der Waals surface area contributed by atoms with E-state index in [2.05, 4.69) is 47.9 Å². The number of anilines is 2. The number of benzene rings is 2. The zero-order valence-corrected chi connectivity index (χ0v) is 22.9. The molecule has 1 aliphatic rings. The summed E-state index contributed by atoms with van der Waals surface area (Å²) in [5.41, 5.74) is 6.00. The number of aromatic nitrogens is 1. The molecule has 5 rings (SSSR count). The Bertz CT molecular complexity index is 1410. The summed E-state index contributed by atoms with van der Waals surface area (Å²) in [6.07, 6.45) is 6.60. The number of thiophene rings is 1. The fourth-order valence-electron chi connectivity index (χ4n) is 4.54. The van der Waals surface area contributed by atoms with Crippen LogP contribution in [0.1, 0.15) is 59.0 Å². The molecular formula is C28H29N3O2S3.